The molecule has 45 heavy (non-hydrogen) atoms. The number of aliphatic hydroxyl groups is 1. The van der Waals surface area contributed by atoms with E-state index >= 15 is 0 Å². The van der Waals surface area contributed by atoms with Crippen molar-refractivity contribution >= 4 is 22.6 Å². The Labute approximate surface area is 262 Å². The quantitative estimate of drug-likeness (QED) is 0.208. The summed E-state index contributed by atoms with van der Waals surface area (Å²) in [6.07, 6.45) is 3.12. The first-order valence-electron chi connectivity index (χ1n) is 15.2. The van der Waals surface area contributed by atoms with Crippen LogP contribution in [0.1, 0.15) is 52.2 Å². The minimum Gasteiger partial charge on any atom is -0.392 e. The normalized spacial score (nSPS) is 19.9. The molecule has 1 saturated heterocycles. The maximum absolute atomic E-state index is 13.1. The Morgan fingerprint density at radius 2 is 1.71 bits per heavy atom. The fraction of sp³-hybridized carbons (Fsp3) is 0.278. The number of amides is 1. The molecule has 0 bridgehead atoms. The number of benzene rings is 3. The molecular formula is C36H37N5O4. The number of fused-ring (bicyclic) bond motifs is 1. The van der Waals surface area contributed by atoms with Crippen LogP contribution >= 0.6 is 0 Å². The lowest BCUT2D eigenvalue weighted by Gasteiger charge is -2.42. The van der Waals surface area contributed by atoms with E-state index in [0.29, 0.717) is 17.7 Å². The number of likely N-dealkylation sites (N-methyl/N-ethyl adjacent to an activating group) is 1. The van der Waals surface area contributed by atoms with E-state index in [1.54, 1.807) is 0 Å². The highest BCUT2D eigenvalue weighted by Crippen LogP contribution is 2.42. The molecule has 4 unspecified atom stereocenters. The van der Waals surface area contributed by atoms with E-state index in [1.165, 1.54) is 6.20 Å². The predicted octanol–water partition coefficient (Wildman–Crippen LogP) is 5.74. The summed E-state index contributed by atoms with van der Waals surface area (Å²) >= 11 is 0. The van der Waals surface area contributed by atoms with Crippen molar-refractivity contribution in [3.05, 3.63) is 131 Å². The van der Waals surface area contributed by atoms with Crippen LogP contribution in [0.4, 0.5) is 5.69 Å². The van der Waals surface area contributed by atoms with Gasteiger partial charge in [0.05, 0.1) is 36.0 Å². The van der Waals surface area contributed by atoms with E-state index in [2.05, 4.69) is 39.1 Å². The average Bonchev–Trinajstić information content (AvgIpc) is 3.08. The number of nitrogens with one attached hydrogen (secondary N) is 1. The molecule has 9 heteroatoms. The Morgan fingerprint density at radius 3 is 2.49 bits per heavy atom. The fourth-order valence-corrected chi connectivity index (χ4v) is 5.60. The van der Waals surface area contributed by atoms with Crippen LogP contribution in [0, 0.1) is 5.92 Å². The molecule has 5 aromatic rings. The number of para-hydroxylation sites is 2. The standard InChI is InChI=1S/C36H37N5O4/c1-24-33(22-41(2)19-17-28-9-5-6-18-37-28)44-36(45-34(24)26-15-13-25(23-42)14-16-26)27-8-7-10-29(20-27)39-35(43)32-21-38-30-11-3-4-12-31(30)40-32/h3-16,18,20-21,24,33-34,36,42H,17,19,22-23H2,1-2H3,(H,39,43). The highest BCUT2D eigenvalue weighted by Gasteiger charge is 2.39. The van der Waals surface area contributed by atoms with Gasteiger partial charge in [-0.2, -0.15) is 0 Å². The number of hydrogen-bond donors (Lipinski definition) is 2. The van der Waals surface area contributed by atoms with Crippen LogP contribution in [0.25, 0.3) is 11.0 Å². The number of pyridine rings is 1. The summed E-state index contributed by atoms with van der Waals surface area (Å²) in [6, 6.07) is 28.8. The third kappa shape index (κ3) is 7.41. The van der Waals surface area contributed by atoms with Gasteiger partial charge in [-0.25, -0.2) is 4.98 Å². The second kappa shape index (κ2) is 14.0. The van der Waals surface area contributed by atoms with Gasteiger partial charge >= 0.3 is 0 Å². The first-order valence-corrected chi connectivity index (χ1v) is 15.2. The molecule has 1 fully saturated rings. The predicted molar refractivity (Wildman–Crippen MR) is 172 cm³/mol. The van der Waals surface area contributed by atoms with Gasteiger partial charge < -0.3 is 24.8 Å². The van der Waals surface area contributed by atoms with Gasteiger partial charge in [0.15, 0.2) is 6.29 Å². The molecule has 230 valence electrons. The van der Waals surface area contributed by atoms with E-state index in [4.69, 9.17) is 9.47 Å². The number of carbonyl (C=O) groups excluding carboxylic acids is 1. The summed E-state index contributed by atoms with van der Waals surface area (Å²) in [5.74, 6) is -0.299. The summed E-state index contributed by atoms with van der Waals surface area (Å²) < 4.78 is 13.3. The lowest BCUT2D eigenvalue weighted by Crippen LogP contribution is -2.44. The van der Waals surface area contributed by atoms with E-state index in [9.17, 15) is 9.90 Å². The maximum atomic E-state index is 13.1. The summed E-state index contributed by atoms with van der Waals surface area (Å²) in [4.78, 5) is 28.7. The molecule has 0 saturated carbocycles. The van der Waals surface area contributed by atoms with Crippen molar-refractivity contribution in [2.75, 3.05) is 25.5 Å². The summed E-state index contributed by atoms with van der Waals surface area (Å²) in [5, 5.41) is 12.5. The number of nitrogens with zero attached hydrogens (tertiary/aromatic N) is 4. The van der Waals surface area contributed by atoms with Crippen LogP contribution < -0.4 is 5.32 Å². The summed E-state index contributed by atoms with van der Waals surface area (Å²) in [7, 11) is 2.10. The van der Waals surface area contributed by atoms with Gasteiger partial charge in [-0.1, -0.05) is 61.5 Å². The highest BCUT2D eigenvalue weighted by molar-refractivity contribution is 6.03. The second-order valence-electron chi connectivity index (χ2n) is 11.5. The zero-order valence-corrected chi connectivity index (χ0v) is 25.4. The maximum Gasteiger partial charge on any atom is 0.275 e. The molecule has 1 amide bonds. The van der Waals surface area contributed by atoms with Gasteiger partial charge in [0, 0.05) is 48.6 Å². The highest BCUT2D eigenvalue weighted by atomic mass is 16.7. The molecule has 1 aliphatic rings. The van der Waals surface area contributed by atoms with Crippen molar-refractivity contribution in [3.8, 4) is 0 Å². The SMILES string of the molecule is CC1C(CN(C)CCc2ccccn2)OC(c2cccc(NC(=O)c3cnc4ccccc4n3)c2)OC1c1ccc(CO)cc1. The third-order valence-electron chi connectivity index (χ3n) is 8.19. The molecule has 4 atom stereocenters. The minimum atomic E-state index is -0.657. The van der Waals surface area contributed by atoms with Crippen LogP contribution in [-0.4, -0.2) is 57.1 Å². The average molecular weight is 604 g/mol. The third-order valence-corrected chi connectivity index (χ3v) is 8.19. The van der Waals surface area contributed by atoms with Crippen molar-refractivity contribution < 1.29 is 19.4 Å². The lowest BCUT2D eigenvalue weighted by molar-refractivity contribution is -0.275. The number of anilines is 1. The van der Waals surface area contributed by atoms with Crippen molar-refractivity contribution in [1.82, 2.24) is 19.9 Å². The molecule has 3 heterocycles. The van der Waals surface area contributed by atoms with Crippen molar-refractivity contribution in [2.24, 2.45) is 5.92 Å². The van der Waals surface area contributed by atoms with Gasteiger partial charge in [0.1, 0.15) is 5.69 Å². The van der Waals surface area contributed by atoms with Crippen LogP contribution in [0.3, 0.4) is 0 Å². The number of ether oxygens (including phenoxy) is 2. The fourth-order valence-electron chi connectivity index (χ4n) is 5.60. The first kappa shape index (κ1) is 30.5. The minimum absolute atomic E-state index is 0.0138. The molecule has 9 nitrogen and oxygen atoms in total. The lowest BCUT2D eigenvalue weighted by atomic mass is 9.90. The molecule has 0 radical (unpaired) electrons. The Hall–Kier alpha value is -4.54. The van der Waals surface area contributed by atoms with Gasteiger partial charge in [-0.15, -0.1) is 0 Å². The number of aromatic nitrogens is 3. The van der Waals surface area contributed by atoms with Gasteiger partial charge in [-0.3, -0.25) is 14.8 Å². The Morgan fingerprint density at radius 1 is 0.911 bits per heavy atom. The smallest absolute Gasteiger partial charge is 0.275 e. The molecule has 2 aromatic heterocycles. The molecule has 1 aliphatic heterocycles. The van der Waals surface area contributed by atoms with Crippen LogP contribution in [0.5, 0.6) is 0 Å². The molecule has 2 N–H and O–H groups in total. The molecule has 0 spiro atoms. The van der Waals surface area contributed by atoms with Crippen LogP contribution in [0.15, 0.2) is 103 Å². The number of aliphatic hydroxyl groups excluding tert-OH is 1. The zero-order valence-electron chi connectivity index (χ0n) is 25.4. The summed E-state index contributed by atoms with van der Waals surface area (Å²) in [5.41, 5.74) is 5.94. The van der Waals surface area contributed by atoms with Gasteiger partial charge in [0.2, 0.25) is 0 Å². The molecular weight excluding hydrogens is 566 g/mol. The van der Waals surface area contributed by atoms with E-state index in [1.807, 2.05) is 97.2 Å². The molecule has 3 aromatic carbocycles. The van der Waals surface area contributed by atoms with Gasteiger partial charge in [0.25, 0.3) is 5.91 Å². The Balaban J connectivity index is 1.21. The molecule has 0 aliphatic carbocycles. The van der Waals surface area contributed by atoms with E-state index < -0.39 is 6.29 Å². The number of carbonyl (C=O) groups is 1. The number of hydrogen-bond acceptors (Lipinski definition) is 8. The van der Waals surface area contributed by atoms with Crippen molar-refractivity contribution in [3.63, 3.8) is 0 Å². The van der Waals surface area contributed by atoms with E-state index in [0.717, 1.165) is 40.9 Å². The van der Waals surface area contributed by atoms with Crippen LogP contribution in [-0.2, 0) is 22.5 Å². The van der Waals surface area contributed by atoms with Crippen molar-refractivity contribution in [1.29, 1.82) is 0 Å². The number of rotatable bonds is 10. The Bertz CT molecular complexity index is 1730. The Kier molecular flexibility index (Phi) is 9.52. The summed E-state index contributed by atoms with van der Waals surface area (Å²) in [6.45, 7) is 3.68. The monoisotopic (exact) mass is 603 g/mol. The van der Waals surface area contributed by atoms with Crippen LogP contribution in [0.2, 0.25) is 0 Å². The van der Waals surface area contributed by atoms with Crippen molar-refractivity contribution in [2.45, 2.75) is 38.4 Å². The zero-order chi connectivity index (χ0) is 31.2. The largest absolute Gasteiger partial charge is 0.392 e. The van der Waals surface area contributed by atoms with E-state index in [-0.39, 0.29) is 36.3 Å². The second-order valence-corrected chi connectivity index (χ2v) is 11.5. The molecule has 6 rings (SSSR count). The first-order chi connectivity index (χ1) is 22.0. The topological polar surface area (TPSA) is 110 Å². The van der Waals surface area contributed by atoms with Gasteiger partial charge in [-0.05, 0) is 54.6 Å².